The molecule has 94 valence electrons. The minimum Gasteiger partial charge on any atom is -0.204 e. The Hall–Kier alpha value is -0.830. The van der Waals surface area contributed by atoms with E-state index in [2.05, 4.69) is 0 Å². The molecule has 2 aromatic carbocycles. The van der Waals surface area contributed by atoms with E-state index in [4.69, 9.17) is 34.8 Å². The predicted octanol–water partition coefficient (Wildman–Crippen LogP) is 5.60. The predicted molar refractivity (Wildman–Crippen MR) is 70.5 cm³/mol. The van der Waals surface area contributed by atoms with Crippen LogP contribution in [0.4, 0.5) is 8.78 Å². The highest BCUT2D eigenvalue weighted by Crippen LogP contribution is 2.36. The lowest BCUT2D eigenvalue weighted by molar-refractivity contribution is 0.500. The third-order valence-corrected chi connectivity index (χ3v) is 3.54. The van der Waals surface area contributed by atoms with Crippen molar-refractivity contribution in [3.63, 3.8) is 0 Å². The summed E-state index contributed by atoms with van der Waals surface area (Å²) in [7, 11) is 0. The van der Waals surface area contributed by atoms with Gasteiger partial charge in [-0.3, -0.25) is 0 Å². The maximum Gasteiger partial charge on any atom is 0.163 e. The molecule has 0 aliphatic rings. The first-order valence-corrected chi connectivity index (χ1v) is 6.23. The van der Waals surface area contributed by atoms with Crippen LogP contribution >= 0.6 is 34.8 Å². The van der Waals surface area contributed by atoms with Gasteiger partial charge in [0, 0.05) is 15.6 Å². The summed E-state index contributed by atoms with van der Waals surface area (Å²) in [6.07, 6.45) is 0. The first kappa shape index (κ1) is 13.6. The molecule has 2 rings (SSSR count). The summed E-state index contributed by atoms with van der Waals surface area (Å²) >= 11 is 17.9. The second-order valence-electron chi connectivity index (χ2n) is 3.67. The molecular formula is C13H7Cl3F2. The van der Waals surface area contributed by atoms with E-state index >= 15 is 0 Å². The number of hydrogen-bond acceptors (Lipinski definition) is 0. The molecule has 0 saturated carbocycles. The van der Waals surface area contributed by atoms with E-state index in [1.165, 1.54) is 18.2 Å². The summed E-state index contributed by atoms with van der Waals surface area (Å²) < 4.78 is 26.8. The van der Waals surface area contributed by atoms with Gasteiger partial charge in [-0.1, -0.05) is 35.3 Å². The van der Waals surface area contributed by atoms with Crippen LogP contribution in [0.3, 0.4) is 0 Å². The molecule has 0 heterocycles. The highest BCUT2D eigenvalue weighted by Gasteiger charge is 2.20. The first-order chi connectivity index (χ1) is 8.50. The highest BCUT2D eigenvalue weighted by atomic mass is 35.5. The second-order valence-corrected chi connectivity index (χ2v) is 4.95. The first-order valence-electron chi connectivity index (χ1n) is 5.03. The lowest BCUT2D eigenvalue weighted by Crippen LogP contribution is -2.00. The van der Waals surface area contributed by atoms with E-state index in [0.29, 0.717) is 15.6 Å². The number of hydrogen-bond donors (Lipinski definition) is 0. The van der Waals surface area contributed by atoms with Crippen molar-refractivity contribution in [2.24, 2.45) is 0 Å². The van der Waals surface area contributed by atoms with E-state index in [9.17, 15) is 8.78 Å². The molecule has 0 saturated heterocycles. The molecule has 0 aliphatic heterocycles. The second kappa shape index (κ2) is 5.43. The van der Waals surface area contributed by atoms with Crippen LogP contribution in [0.25, 0.3) is 0 Å². The molecule has 0 N–H and O–H groups in total. The van der Waals surface area contributed by atoms with Crippen molar-refractivity contribution < 1.29 is 8.78 Å². The average Bonchev–Trinajstić information content (AvgIpc) is 2.35. The van der Waals surface area contributed by atoms with Crippen LogP contribution in [0.15, 0.2) is 36.4 Å². The Morgan fingerprint density at radius 1 is 0.944 bits per heavy atom. The Kier molecular flexibility index (Phi) is 4.10. The lowest BCUT2D eigenvalue weighted by Gasteiger charge is -2.13. The zero-order valence-electron chi connectivity index (χ0n) is 8.93. The fourth-order valence-corrected chi connectivity index (χ4v) is 2.40. The molecule has 5 heteroatoms. The molecule has 1 unspecified atom stereocenters. The van der Waals surface area contributed by atoms with Gasteiger partial charge >= 0.3 is 0 Å². The minimum atomic E-state index is -0.978. The number of alkyl halides is 1. The zero-order chi connectivity index (χ0) is 13.3. The van der Waals surface area contributed by atoms with Gasteiger partial charge in [-0.25, -0.2) is 8.78 Å². The van der Waals surface area contributed by atoms with Crippen molar-refractivity contribution in [3.8, 4) is 0 Å². The van der Waals surface area contributed by atoms with Gasteiger partial charge < -0.3 is 0 Å². The van der Waals surface area contributed by atoms with Crippen molar-refractivity contribution in [1.82, 2.24) is 0 Å². The van der Waals surface area contributed by atoms with Crippen molar-refractivity contribution in [3.05, 3.63) is 69.2 Å². The molecule has 0 nitrogen and oxygen atoms in total. The smallest absolute Gasteiger partial charge is 0.163 e. The van der Waals surface area contributed by atoms with E-state index in [1.807, 2.05) is 0 Å². The molecule has 1 atom stereocenters. The quantitative estimate of drug-likeness (QED) is 0.633. The van der Waals surface area contributed by atoms with Gasteiger partial charge in [-0.05, 0) is 29.8 Å². The van der Waals surface area contributed by atoms with Gasteiger partial charge in [0.15, 0.2) is 11.6 Å². The number of halogens is 5. The van der Waals surface area contributed by atoms with Crippen molar-refractivity contribution in [2.75, 3.05) is 0 Å². The van der Waals surface area contributed by atoms with Crippen molar-refractivity contribution >= 4 is 34.8 Å². The van der Waals surface area contributed by atoms with Crippen LogP contribution in [0.1, 0.15) is 16.5 Å². The standard InChI is InChI=1S/C13H7Cl3F2/c14-7-4-5-10(15)9(6-7)12(16)8-2-1-3-11(17)13(8)18/h1-6,12H. The number of rotatable bonds is 2. The Morgan fingerprint density at radius 3 is 2.39 bits per heavy atom. The monoisotopic (exact) mass is 306 g/mol. The maximum absolute atomic E-state index is 13.6. The van der Waals surface area contributed by atoms with E-state index < -0.39 is 17.0 Å². The zero-order valence-corrected chi connectivity index (χ0v) is 11.2. The van der Waals surface area contributed by atoms with Crippen molar-refractivity contribution in [1.29, 1.82) is 0 Å². The fourth-order valence-electron chi connectivity index (χ4n) is 1.59. The van der Waals surface area contributed by atoms with Gasteiger partial charge in [0.25, 0.3) is 0 Å². The Labute approximate surface area is 118 Å². The fraction of sp³-hybridized carbons (Fsp3) is 0.0769. The molecule has 0 aliphatic carbocycles. The van der Waals surface area contributed by atoms with E-state index in [1.54, 1.807) is 12.1 Å². The SMILES string of the molecule is Fc1cccc(C(Cl)c2cc(Cl)ccc2Cl)c1F. The summed E-state index contributed by atoms with van der Waals surface area (Å²) in [5.41, 5.74) is 0.469. The van der Waals surface area contributed by atoms with E-state index in [0.717, 1.165) is 6.07 Å². The van der Waals surface area contributed by atoms with Gasteiger partial charge in [-0.2, -0.15) is 0 Å². The third kappa shape index (κ3) is 2.61. The molecule has 0 aromatic heterocycles. The van der Waals surface area contributed by atoms with Crippen LogP contribution in [-0.2, 0) is 0 Å². The molecule has 0 radical (unpaired) electrons. The Morgan fingerprint density at radius 2 is 1.67 bits per heavy atom. The van der Waals surface area contributed by atoms with Crippen LogP contribution in [0.5, 0.6) is 0 Å². The van der Waals surface area contributed by atoms with E-state index in [-0.39, 0.29) is 5.56 Å². The van der Waals surface area contributed by atoms with Crippen molar-refractivity contribution in [2.45, 2.75) is 5.38 Å². The van der Waals surface area contributed by atoms with Crippen LogP contribution < -0.4 is 0 Å². The molecule has 2 aromatic rings. The molecule has 18 heavy (non-hydrogen) atoms. The molecule has 0 fully saturated rings. The van der Waals surface area contributed by atoms with Gasteiger partial charge in [0.1, 0.15) is 0 Å². The lowest BCUT2D eigenvalue weighted by atomic mass is 10.0. The molecule has 0 amide bonds. The van der Waals surface area contributed by atoms with Crippen LogP contribution in [0, 0.1) is 11.6 Å². The largest absolute Gasteiger partial charge is 0.204 e. The summed E-state index contributed by atoms with van der Waals surface area (Å²) in [6, 6.07) is 8.52. The minimum absolute atomic E-state index is 0.0285. The third-order valence-electron chi connectivity index (χ3n) is 2.49. The topological polar surface area (TPSA) is 0 Å². The Bertz CT molecular complexity index is 582. The van der Waals surface area contributed by atoms with Crippen LogP contribution in [0.2, 0.25) is 10.0 Å². The van der Waals surface area contributed by atoms with Crippen LogP contribution in [-0.4, -0.2) is 0 Å². The maximum atomic E-state index is 13.6. The average molecular weight is 308 g/mol. The highest BCUT2D eigenvalue weighted by molar-refractivity contribution is 6.35. The molecule has 0 bridgehead atoms. The summed E-state index contributed by atoms with van der Waals surface area (Å²) in [6.45, 7) is 0. The number of benzene rings is 2. The summed E-state index contributed by atoms with van der Waals surface area (Å²) in [5.74, 6) is -1.93. The normalized spacial score (nSPS) is 12.5. The Balaban J connectivity index is 2.51. The van der Waals surface area contributed by atoms with Gasteiger partial charge in [0.05, 0.1) is 5.38 Å². The molecular weight excluding hydrogens is 300 g/mol. The summed E-state index contributed by atoms with van der Waals surface area (Å²) in [4.78, 5) is 0. The van der Waals surface area contributed by atoms with Gasteiger partial charge in [0.2, 0.25) is 0 Å². The summed E-state index contributed by atoms with van der Waals surface area (Å²) in [5, 5.41) is -0.119. The van der Waals surface area contributed by atoms with Gasteiger partial charge in [-0.15, -0.1) is 11.6 Å². The molecule has 0 spiro atoms.